The Bertz CT molecular complexity index is 462. The van der Waals surface area contributed by atoms with Gasteiger partial charge in [0.25, 0.3) is 0 Å². The minimum atomic E-state index is -0.158. The highest BCUT2D eigenvalue weighted by Gasteiger charge is 2.37. The average Bonchev–Trinajstić information content (AvgIpc) is 2.96. The van der Waals surface area contributed by atoms with Crippen molar-refractivity contribution in [1.29, 1.82) is 0 Å². The van der Waals surface area contributed by atoms with Crippen molar-refractivity contribution in [3.63, 3.8) is 0 Å². The van der Waals surface area contributed by atoms with Crippen LogP contribution in [0.3, 0.4) is 0 Å². The third kappa shape index (κ3) is 3.62. The maximum Gasteiger partial charge on any atom is 0.119 e. The molecule has 1 aliphatic carbocycles. The van der Waals surface area contributed by atoms with E-state index >= 15 is 0 Å². The highest BCUT2D eigenvalue weighted by Crippen LogP contribution is 2.32. The molecule has 2 fully saturated rings. The van der Waals surface area contributed by atoms with Crippen molar-refractivity contribution in [2.45, 2.75) is 44.9 Å². The number of nitrogens with zero attached hydrogens (tertiary/aromatic N) is 1. The standard InChI is InChI=1S/C18H27NO3/c1-2-22-15-8-6-14(7-9-15)12-19-10-11-21-13-17(19)16-4-3-5-18(16)20/h6-9,16-18,20H,2-5,10-13H2,1H3. The fraction of sp³-hybridized carbons (Fsp3) is 0.667. The van der Waals surface area contributed by atoms with E-state index in [1.165, 1.54) is 5.56 Å². The monoisotopic (exact) mass is 305 g/mol. The van der Waals surface area contributed by atoms with Crippen LogP contribution in [-0.2, 0) is 11.3 Å². The predicted octanol–water partition coefficient (Wildman–Crippen LogP) is 2.45. The number of ether oxygens (including phenoxy) is 2. The molecule has 0 spiro atoms. The van der Waals surface area contributed by atoms with E-state index in [4.69, 9.17) is 9.47 Å². The summed E-state index contributed by atoms with van der Waals surface area (Å²) in [5, 5.41) is 10.2. The van der Waals surface area contributed by atoms with Crippen molar-refractivity contribution in [3.05, 3.63) is 29.8 Å². The summed E-state index contributed by atoms with van der Waals surface area (Å²) in [4.78, 5) is 2.48. The molecule has 4 nitrogen and oxygen atoms in total. The lowest BCUT2D eigenvalue weighted by atomic mass is 9.94. The first-order valence-electron chi connectivity index (χ1n) is 8.49. The van der Waals surface area contributed by atoms with Gasteiger partial charge in [0, 0.05) is 25.0 Å². The molecule has 22 heavy (non-hydrogen) atoms. The van der Waals surface area contributed by atoms with Crippen molar-refractivity contribution in [2.24, 2.45) is 5.92 Å². The van der Waals surface area contributed by atoms with Crippen molar-refractivity contribution in [2.75, 3.05) is 26.4 Å². The Morgan fingerprint density at radius 1 is 1.27 bits per heavy atom. The zero-order valence-electron chi connectivity index (χ0n) is 13.4. The van der Waals surface area contributed by atoms with Crippen LogP contribution in [0, 0.1) is 5.92 Å². The molecule has 0 amide bonds. The van der Waals surface area contributed by atoms with Crippen LogP contribution in [-0.4, -0.2) is 48.5 Å². The summed E-state index contributed by atoms with van der Waals surface area (Å²) in [5.74, 6) is 1.29. The minimum absolute atomic E-state index is 0.158. The van der Waals surface area contributed by atoms with Gasteiger partial charge in [-0.3, -0.25) is 4.90 Å². The van der Waals surface area contributed by atoms with Gasteiger partial charge in [0.15, 0.2) is 0 Å². The number of aliphatic hydroxyl groups excluding tert-OH is 1. The fourth-order valence-electron chi connectivity index (χ4n) is 3.76. The molecule has 3 unspecified atom stereocenters. The summed E-state index contributed by atoms with van der Waals surface area (Å²) in [5.41, 5.74) is 1.29. The molecule has 0 aromatic heterocycles. The highest BCUT2D eigenvalue weighted by molar-refractivity contribution is 5.27. The molecule has 1 saturated heterocycles. The molecule has 1 aromatic rings. The first-order chi connectivity index (χ1) is 10.8. The van der Waals surface area contributed by atoms with Gasteiger partial charge < -0.3 is 14.6 Å². The van der Waals surface area contributed by atoms with Crippen LogP contribution in [0.1, 0.15) is 31.7 Å². The lowest BCUT2D eigenvalue weighted by molar-refractivity contribution is -0.0536. The summed E-state index contributed by atoms with van der Waals surface area (Å²) in [6, 6.07) is 8.71. The molecular weight excluding hydrogens is 278 g/mol. The fourth-order valence-corrected chi connectivity index (χ4v) is 3.76. The Hall–Kier alpha value is -1.10. The molecule has 3 atom stereocenters. The largest absolute Gasteiger partial charge is 0.494 e. The second-order valence-corrected chi connectivity index (χ2v) is 6.35. The summed E-state index contributed by atoms with van der Waals surface area (Å²) in [6.07, 6.45) is 3.04. The van der Waals surface area contributed by atoms with E-state index < -0.39 is 0 Å². The quantitative estimate of drug-likeness (QED) is 0.907. The molecule has 1 N–H and O–H groups in total. The number of morpholine rings is 1. The van der Waals surface area contributed by atoms with E-state index in [0.717, 1.165) is 51.3 Å². The smallest absolute Gasteiger partial charge is 0.119 e. The van der Waals surface area contributed by atoms with Crippen molar-refractivity contribution >= 4 is 0 Å². The van der Waals surface area contributed by atoms with Crippen LogP contribution in [0.25, 0.3) is 0 Å². The number of hydrogen-bond acceptors (Lipinski definition) is 4. The lowest BCUT2D eigenvalue weighted by Crippen LogP contribution is -2.50. The Labute approximate surface area is 133 Å². The summed E-state index contributed by atoms with van der Waals surface area (Å²) in [6.45, 7) is 6.10. The number of rotatable bonds is 5. The Morgan fingerprint density at radius 2 is 2.09 bits per heavy atom. The van der Waals surface area contributed by atoms with Gasteiger partial charge in [-0.05, 0) is 37.5 Å². The van der Waals surface area contributed by atoms with Crippen molar-refractivity contribution in [1.82, 2.24) is 4.90 Å². The van der Waals surface area contributed by atoms with Gasteiger partial charge in [0.05, 0.1) is 25.9 Å². The van der Waals surface area contributed by atoms with Crippen LogP contribution in [0.15, 0.2) is 24.3 Å². The van der Waals surface area contributed by atoms with E-state index in [1.54, 1.807) is 0 Å². The minimum Gasteiger partial charge on any atom is -0.494 e. The topological polar surface area (TPSA) is 41.9 Å². The molecule has 1 aliphatic heterocycles. The Kier molecular flexibility index (Phi) is 5.34. The van der Waals surface area contributed by atoms with Crippen molar-refractivity contribution < 1.29 is 14.6 Å². The molecular formula is C18H27NO3. The van der Waals surface area contributed by atoms with Gasteiger partial charge in [0.1, 0.15) is 5.75 Å². The Morgan fingerprint density at radius 3 is 2.77 bits per heavy atom. The second-order valence-electron chi connectivity index (χ2n) is 6.35. The number of hydrogen-bond donors (Lipinski definition) is 1. The maximum atomic E-state index is 10.2. The van der Waals surface area contributed by atoms with Gasteiger partial charge in [-0.2, -0.15) is 0 Å². The summed E-state index contributed by atoms with van der Waals surface area (Å²) in [7, 11) is 0. The normalized spacial score (nSPS) is 29.6. The molecule has 122 valence electrons. The number of aliphatic hydroxyl groups is 1. The molecule has 1 heterocycles. The van der Waals surface area contributed by atoms with Gasteiger partial charge in [-0.25, -0.2) is 0 Å². The third-order valence-electron chi connectivity index (χ3n) is 4.93. The van der Waals surface area contributed by atoms with Gasteiger partial charge in [-0.1, -0.05) is 18.6 Å². The SMILES string of the molecule is CCOc1ccc(CN2CCOCC2C2CCCC2O)cc1. The zero-order valence-corrected chi connectivity index (χ0v) is 13.4. The second kappa shape index (κ2) is 7.44. The van der Waals surface area contributed by atoms with Gasteiger partial charge in [0.2, 0.25) is 0 Å². The molecule has 2 aliphatic rings. The molecule has 0 radical (unpaired) electrons. The molecule has 4 heteroatoms. The lowest BCUT2D eigenvalue weighted by Gasteiger charge is -2.40. The molecule has 3 rings (SSSR count). The van der Waals surface area contributed by atoms with Crippen LogP contribution >= 0.6 is 0 Å². The van der Waals surface area contributed by atoms with E-state index in [2.05, 4.69) is 17.0 Å². The molecule has 1 aromatic carbocycles. The first-order valence-corrected chi connectivity index (χ1v) is 8.49. The van der Waals surface area contributed by atoms with E-state index in [1.807, 2.05) is 19.1 Å². The van der Waals surface area contributed by atoms with E-state index in [9.17, 15) is 5.11 Å². The van der Waals surface area contributed by atoms with Crippen molar-refractivity contribution in [3.8, 4) is 5.75 Å². The van der Waals surface area contributed by atoms with Crippen LogP contribution in [0.5, 0.6) is 5.75 Å². The highest BCUT2D eigenvalue weighted by atomic mass is 16.5. The average molecular weight is 305 g/mol. The van der Waals surface area contributed by atoms with E-state index in [0.29, 0.717) is 18.6 Å². The first kappa shape index (κ1) is 15.8. The predicted molar refractivity (Wildman–Crippen MR) is 86.0 cm³/mol. The van der Waals surface area contributed by atoms with Crippen LogP contribution in [0.4, 0.5) is 0 Å². The zero-order chi connectivity index (χ0) is 15.4. The third-order valence-corrected chi connectivity index (χ3v) is 4.93. The maximum absolute atomic E-state index is 10.2. The Balaban J connectivity index is 1.65. The van der Waals surface area contributed by atoms with E-state index in [-0.39, 0.29) is 6.10 Å². The summed E-state index contributed by atoms with van der Waals surface area (Å²) >= 11 is 0. The van der Waals surface area contributed by atoms with Gasteiger partial charge in [-0.15, -0.1) is 0 Å². The van der Waals surface area contributed by atoms with Crippen LogP contribution in [0.2, 0.25) is 0 Å². The summed E-state index contributed by atoms with van der Waals surface area (Å²) < 4.78 is 11.2. The van der Waals surface area contributed by atoms with Crippen LogP contribution < -0.4 is 4.74 Å². The van der Waals surface area contributed by atoms with Gasteiger partial charge >= 0.3 is 0 Å². The number of benzene rings is 1. The molecule has 1 saturated carbocycles. The molecule has 0 bridgehead atoms.